The maximum absolute atomic E-state index is 10.5. The number of carboxylic acids is 1. The first kappa shape index (κ1) is 10.8. The van der Waals surface area contributed by atoms with Gasteiger partial charge in [-0.1, -0.05) is 11.8 Å². The molecule has 0 bridgehead atoms. The maximum atomic E-state index is 10.5. The van der Waals surface area contributed by atoms with Gasteiger partial charge in [0.2, 0.25) is 11.1 Å². The van der Waals surface area contributed by atoms with E-state index in [-0.39, 0.29) is 11.7 Å². The van der Waals surface area contributed by atoms with Crippen molar-refractivity contribution < 1.29 is 15.0 Å². The summed E-state index contributed by atoms with van der Waals surface area (Å²) in [5.74, 6) is -1.17. The van der Waals surface area contributed by atoms with E-state index < -0.39 is 11.6 Å². The standard InChI is InChI=1S/C6H10N4O3S/c1-6(13,3(11)12)2-14-5-8-4(7)9-10-5/h13H,2H2,1H3,(H,11,12)(H3,7,8,9,10). The van der Waals surface area contributed by atoms with E-state index in [0.717, 1.165) is 11.8 Å². The van der Waals surface area contributed by atoms with Gasteiger partial charge in [-0.25, -0.2) is 9.89 Å². The number of aliphatic carboxylic acids is 1. The zero-order valence-corrected chi connectivity index (χ0v) is 8.21. The second-order valence-corrected chi connectivity index (χ2v) is 3.81. The van der Waals surface area contributed by atoms with E-state index in [0.29, 0.717) is 5.16 Å². The normalized spacial score (nSPS) is 15.0. The molecular formula is C6H10N4O3S. The quantitative estimate of drug-likeness (QED) is 0.493. The number of aromatic nitrogens is 3. The highest BCUT2D eigenvalue weighted by Crippen LogP contribution is 2.19. The summed E-state index contributed by atoms with van der Waals surface area (Å²) in [4.78, 5) is 14.3. The molecule has 0 aromatic carbocycles. The van der Waals surface area contributed by atoms with Gasteiger partial charge in [0.05, 0.1) is 0 Å². The van der Waals surface area contributed by atoms with Crippen LogP contribution in [0.1, 0.15) is 6.92 Å². The van der Waals surface area contributed by atoms with Crippen LogP contribution in [0.3, 0.4) is 0 Å². The van der Waals surface area contributed by atoms with Crippen LogP contribution < -0.4 is 5.73 Å². The molecule has 0 saturated heterocycles. The fraction of sp³-hybridized carbons (Fsp3) is 0.500. The summed E-state index contributed by atoms with van der Waals surface area (Å²) < 4.78 is 0. The lowest BCUT2D eigenvalue weighted by molar-refractivity contribution is -0.154. The fourth-order valence-electron chi connectivity index (χ4n) is 0.590. The Morgan fingerprint density at radius 1 is 1.79 bits per heavy atom. The van der Waals surface area contributed by atoms with E-state index in [2.05, 4.69) is 15.2 Å². The number of H-pyrrole nitrogens is 1. The van der Waals surface area contributed by atoms with Gasteiger partial charge in [0.15, 0.2) is 5.60 Å². The summed E-state index contributed by atoms with van der Waals surface area (Å²) in [5, 5.41) is 24.3. The second-order valence-electron chi connectivity index (χ2n) is 2.87. The molecule has 5 N–H and O–H groups in total. The number of nitrogen functional groups attached to an aromatic ring is 1. The Morgan fingerprint density at radius 3 is 2.86 bits per heavy atom. The Balaban J connectivity index is 2.52. The van der Waals surface area contributed by atoms with Gasteiger partial charge in [-0.15, -0.1) is 5.10 Å². The summed E-state index contributed by atoms with van der Waals surface area (Å²) in [6.07, 6.45) is 0. The SMILES string of the molecule is CC(O)(CSc1n[nH]c(N)n1)C(=O)O. The summed E-state index contributed by atoms with van der Waals surface area (Å²) >= 11 is 1.01. The number of nitrogens with zero attached hydrogens (tertiary/aromatic N) is 2. The second kappa shape index (κ2) is 3.84. The van der Waals surface area contributed by atoms with Crippen LogP contribution in [0, 0.1) is 0 Å². The third-order valence-corrected chi connectivity index (χ3v) is 2.57. The van der Waals surface area contributed by atoms with Crippen molar-refractivity contribution in [3.05, 3.63) is 0 Å². The van der Waals surface area contributed by atoms with Crippen LogP contribution in [0.25, 0.3) is 0 Å². The number of rotatable bonds is 4. The number of hydrogen-bond donors (Lipinski definition) is 4. The van der Waals surface area contributed by atoms with Gasteiger partial charge in [0.1, 0.15) is 0 Å². The average Bonchev–Trinajstić information content (AvgIpc) is 2.48. The summed E-state index contributed by atoms with van der Waals surface area (Å²) in [6, 6.07) is 0. The van der Waals surface area contributed by atoms with E-state index >= 15 is 0 Å². The van der Waals surface area contributed by atoms with Gasteiger partial charge in [-0.05, 0) is 6.92 Å². The van der Waals surface area contributed by atoms with Crippen molar-refractivity contribution >= 4 is 23.7 Å². The highest BCUT2D eigenvalue weighted by atomic mass is 32.2. The van der Waals surface area contributed by atoms with Crippen LogP contribution in [0.15, 0.2) is 5.16 Å². The first-order valence-corrected chi connectivity index (χ1v) is 4.67. The average molecular weight is 218 g/mol. The molecule has 14 heavy (non-hydrogen) atoms. The Kier molecular flexibility index (Phi) is 2.96. The number of nitrogens with two attached hydrogens (primary N) is 1. The molecule has 0 radical (unpaired) electrons. The van der Waals surface area contributed by atoms with E-state index in [9.17, 15) is 9.90 Å². The van der Waals surface area contributed by atoms with Crippen molar-refractivity contribution in [2.24, 2.45) is 0 Å². The minimum atomic E-state index is -1.79. The zero-order chi connectivity index (χ0) is 10.8. The lowest BCUT2D eigenvalue weighted by Crippen LogP contribution is -2.37. The molecule has 7 nitrogen and oxygen atoms in total. The predicted octanol–water partition coefficient (Wildman–Crippen LogP) is -0.685. The fourth-order valence-corrected chi connectivity index (χ4v) is 1.40. The Bertz CT molecular complexity index is 338. The summed E-state index contributed by atoms with van der Waals surface area (Å²) in [6.45, 7) is 1.21. The molecular weight excluding hydrogens is 208 g/mol. The molecule has 78 valence electrons. The molecule has 1 atom stereocenters. The molecule has 0 aliphatic rings. The minimum absolute atomic E-state index is 0.0420. The number of anilines is 1. The van der Waals surface area contributed by atoms with Gasteiger partial charge in [0.25, 0.3) is 0 Å². The minimum Gasteiger partial charge on any atom is -0.479 e. The van der Waals surface area contributed by atoms with E-state index in [4.69, 9.17) is 10.8 Å². The van der Waals surface area contributed by atoms with Crippen molar-refractivity contribution in [3.8, 4) is 0 Å². The first-order valence-electron chi connectivity index (χ1n) is 3.68. The number of hydrogen-bond acceptors (Lipinski definition) is 6. The van der Waals surface area contributed by atoms with Gasteiger partial charge in [0, 0.05) is 5.75 Å². The lowest BCUT2D eigenvalue weighted by atomic mass is 10.1. The van der Waals surface area contributed by atoms with Crippen molar-refractivity contribution in [2.75, 3.05) is 11.5 Å². The molecule has 1 heterocycles. The number of nitrogens with one attached hydrogen (secondary N) is 1. The number of carboxylic acid groups (broad SMARTS) is 1. The molecule has 0 aliphatic heterocycles. The van der Waals surface area contributed by atoms with Crippen LogP contribution in [0.4, 0.5) is 5.95 Å². The van der Waals surface area contributed by atoms with Crippen LogP contribution in [0.5, 0.6) is 0 Å². The number of carbonyl (C=O) groups is 1. The predicted molar refractivity (Wildman–Crippen MR) is 49.8 cm³/mol. The van der Waals surface area contributed by atoms with Crippen molar-refractivity contribution in [1.29, 1.82) is 0 Å². The molecule has 1 rings (SSSR count). The molecule has 0 aliphatic carbocycles. The van der Waals surface area contributed by atoms with Crippen LogP contribution in [0.2, 0.25) is 0 Å². The van der Waals surface area contributed by atoms with Gasteiger partial charge < -0.3 is 15.9 Å². The van der Waals surface area contributed by atoms with E-state index in [1.165, 1.54) is 6.92 Å². The van der Waals surface area contributed by atoms with Crippen molar-refractivity contribution in [1.82, 2.24) is 15.2 Å². The lowest BCUT2D eigenvalue weighted by Gasteiger charge is -2.15. The highest BCUT2D eigenvalue weighted by molar-refractivity contribution is 7.99. The monoisotopic (exact) mass is 218 g/mol. The Hall–Kier alpha value is -1.28. The van der Waals surface area contributed by atoms with Crippen LogP contribution >= 0.6 is 11.8 Å². The van der Waals surface area contributed by atoms with Crippen molar-refractivity contribution in [2.45, 2.75) is 17.7 Å². The van der Waals surface area contributed by atoms with Crippen LogP contribution in [-0.2, 0) is 4.79 Å². The highest BCUT2D eigenvalue weighted by Gasteiger charge is 2.30. The zero-order valence-electron chi connectivity index (χ0n) is 7.39. The molecule has 0 spiro atoms. The van der Waals surface area contributed by atoms with Gasteiger partial charge >= 0.3 is 5.97 Å². The summed E-state index contributed by atoms with van der Waals surface area (Å²) in [7, 11) is 0. The molecule has 1 unspecified atom stereocenters. The van der Waals surface area contributed by atoms with Gasteiger partial charge in [-0.2, -0.15) is 4.98 Å². The first-order chi connectivity index (χ1) is 6.42. The molecule has 1 aromatic rings. The number of aromatic amines is 1. The molecule has 8 heteroatoms. The Morgan fingerprint density at radius 2 is 2.43 bits per heavy atom. The topological polar surface area (TPSA) is 125 Å². The third kappa shape index (κ3) is 2.60. The maximum Gasteiger partial charge on any atom is 0.336 e. The molecule has 1 aromatic heterocycles. The Labute approximate surface area is 83.7 Å². The van der Waals surface area contributed by atoms with E-state index in [1.807, 2.05) is 0 Å². The van der Waals surface area contributed by atoms with Gasteiger partial charge in [-0.3, -0.25) is 0 Å². The number of aliphatic hydroxyl groups is 1. The smallest absolute Gasteiger partial charge is 0.336 e. The van der Waals surface area contributed by atoms with E-state index in [1.54, 1.807) is 0 Å². The third-order valence-electron chi connectivity index (χ3n) is 1.43. The molecule has 0 saturated carbocycles. The van der Waals surface area contributed by atoms with Crippen LogP contribution in [-0.4, -0.2) is 42.7 Å². The molecule has 0 amide bonds. The summed E-state index contributed by atoms with van der Waals surface area (Å²) in [5.41, 5.74) is 3.46. The molecule has 0 fully saturated rings. The number of thioether (sulfide) groups is 1. The largest absolute Gasteiger partial charge is 0.479 e. The van der Waals surface area contributed by atoms with Crippen molar-refractivity contribution in [3.63, 3.8) is 0 Å².